The first-order valence-corrected chi connectivity index (χ1v) is 6.73. The lowest BCUT2D eigenvalue weighted by atomic mass is 9.74. The second-order valence-electron chi connectivity index (χ2n) is 5.47. The number of carboxylic acids is 1. The zero-order chi connectivity index (χ0) is 13.1. The maximum Gasteiger partial charge on any atom is 0.306 e. The third-order valence-corrected chi connectivity index (χ3v) is 4.26. The standard InChI is InChI=1S/C15H21NO2/c1-10-9-14(7-8-16-10)13-5-3-12(4-6-13)11(2)15(17)18/h7-9,11-13H,3-6H2,1-2H3,(H,17,18)/t11-,12?,13?/m1/s1. The Bertz CT molecular complexity index is 422. The van der Waals surface area contributed by atoms with E-state index in [1.54, 1.807) is 0 Å². The summed E-state index contributed by atoms with van der Waals surface area (Å²) in [5.74, 6) is 0.0777. The van der Waals surface area contributed by atoms with Crippen molar-refractivity contribution in [2.45, 2.75) is 45.4 Å². The molecule has 2 rings (SSSR count). The number of hydrogen-bond donors (Lipinski definition) is 1. The fraction of sp³-hybridized carbons (Fsp3) is 0.600. The minimum absolute atomic E-state index is 0.204. The Labute approximate surface area is 108 Å². The number of hydrogen-bond acceptors (Lipinski definition) is 2. The van der Waals surface area contributed by atoms with Gasteiger partial charge in [0.25, 0.3) is 0 Å². The fourth-order valence-electron chi connectivity index (χ4n) is 2.98. The van der Waals surface area contributed by atoms with Crippen LogP contribution in [0.3, 0.4) is 0 Å². The smallest absolute Gasteiger partial charge is 0.306 e. The van der Waals surface area contributed by atoms with Crippen LogP contribution in [0.1, 0.15) is 49.8 Å². The number of pyridine rings is 1. The van der Waals surface area contributed by atoms with E-state index in [0.29, 0.717) is 11.8 Å². The van der Waals surface area contributed by atoms with E-state index in [0.717, 1.165) is 31.4 Å². The molecule has 1 N–H and O–H groups in total. The normalized spacial score (nSPS) is 25.7. The van der Waals surface area contributed by atoms with Crippen molar-refractivity contribution in [1.82, 2.24) is 4.98 Å². The fourth-order valence-corrected chi connectivity index (χ4v) is 2.98. The Morgan fingerprint density at radius 3 is 2.61 bits per heavy atom. The van der Waals surface area contributed by atoms with E-state index < -0.39 is 5.97 Å². The molecule has 1 aromatic rings. The maximum absolute atomic E-state index is 11.0. The Hall–Kier alpha value is -1.38. The summed E-state index contributed by atoms with van der Waals surface area (Å²) in [4.78, 5) is 15.2. The second-order valence-corrected chi connectivity index (χ2v) is 5.47. The van der Waals surface area contributed by atoms with Crippen molar-refractivity contribution in [3.05, 3.63) is 29.6 Å². The Morgan fingerprint density at radius 2 is 2.06 bits per heavy atom. The summed E-state index contributed by atoms with van der Waals surface area (Å²) >= 11 is 0. The number of aromatic nitrogens is 1. The van der Waals surface area contributed by atoms with Gasteiger partial charge in [0.1, 0.15) is 0 Å². The van der Waals surface area contributed by atoms with Crippen molar-refractivity contribution in [3.8, 4) is 0 Å². The molecule has 1 aromatic heterocycles. The molecule has 0 aliphatic heterocycles. The number of aryl methyl sites for hydroxylation is 1. The lowest BCUT2D eigenvalue weighted by Gasteiger charge is -2.30. The van der Waals surface area contributed by atoms with Gasteiger partial charge < -0.3 is 5.11 Å². The van der Waals surface area contributed by atoms with Crippen molar-refractivity contribution in [2.24, 2.45) is 11.8 Å². The Kier molecular flexibility index (Phi) is 4.00. The van der Waals surface area contributed by atoms with Crippen LogP contribution in [0.2, 0.25) is 0 Å². The zero-order valence-electron chi connectivity index (χ0n) is 11.1. The molecule has 98 valence electrons. The summed E-state index contributed by atoms with van der Waals surface area (Å²) < 4.78 is 0. The van der Waals surface area contributed by atoms with Gasteiger partial charge in [-0.05, 0) is 62.1 Å². The minimum atomic E-state index is -0.654. The van der Waals surface area contributed by atoms with E-state index in [2.05, 4.69) is 17.1 Å². The highest BCUT2D eigenvalue weighted by atomic mass is 16.4. The number of rotatable bonds is 3. The highest BCUT2D eigenvalue weighted by molar-refractivity contribution is 5.69. The molecule has 1 fully saturated rings. The van der Waals surface area contributed by atoms with E-state index in [4.69, 9.17) is 5.11 Å². The molecule has 1 saturated carbocycles. The average molecular weight is 247 g/mol. The molecule has 0 amide bonds. The molecule has 3 heteroatoms. The topological polar surface area (TPSA) is 50.2 Å². The molecule has 1 aliphatic carbocycles. The molecule has 1 atom stereocenters. The molecule has 18 heavy (non-hydrogen) atoms. The van der Waals surface area contributed by atoms with Gasteiger partial charge in [0.05, 0.1) is 5.92 Å². The van der Waals surface area contributed by atoms with Crippen molar-refractivity contribution >= 4 is 5.97 Å². The van der Waals surface area contributed by atoms with Crippen molar-refractivity contribution in [3.63, 3.8) is 0 Å². The zero-order valence-corrected chi connectivity index (χ0v) is 11.1. The molecule has 0 radical (unpaired) electrons. The minimum Gasteiger partial charge on any atom is -0.481 e. The first-order valence-electron chi connectivity index (χ1n) is 6.73. The van der Waals surface area contributed by atoms with Crippen LogP contribution in [0.5, 0.6) is 0 Å². The van der Waals surface area contributed by atoms with Crippen LogP contribution in [0, 0.1) is 18.8 Å². The van der Waals surface area contributed by atoms with Crippen molar-refractivity contribution in [2.75, 3.05) is 0 Å². The highest BCUT2D eigenvalue weighted by Gasteiger charge is 2.29. The van der Waals surface area contributed by atoms with Crippen LogP contribution < -0.4 is 0 Å². The van der Waals surface area contributed by atoms with Crippen LogP contribution >= 0.6 is 0 Å². The van der Waals surface area contributed by atoms with Gasteiger partial charge in [0.2, 0.25) is 0 Å². The summed E-state index contributed by atoms with van der Waals surface area (Å²) in [5.41, 5.74) is 2.43. The summed E-state index contributed by atoms with van der Waals surface area (Å²) in [6.07, 6.45) is 6.13. The molecule has 1 heterocycles. The molecule has 0 unspecified atom stereocenters. The Balaban J connectivity index is 1.96. The van der Waals surface area contributed by atoms with Gasteiger partial charge in [-0.25, -0.2) is 0 Å². The molecule has 0 aromatic carbocycles. The number of aliphatic carboxylic acids is 1. The number of carbonyl (C=O) groups is 1. The molecular weight excluding hydrogens is 226 g/mol. The van der Waals surface area contributed by atoms with Crippen LogP contribution in [0.4, 0.5) is 0 Å². The van der Waals surface area contributed by atoms with Gasteiger partial charge in [-0.15, -0.1) is 0 Å². The van der Waals surface area contributed by atoms with Crippen LogP contribution in [0.25, 0.3) is 0 Å². The molecular formula is C15H21NO2. The predicted molar refractivity (Wildman–Crippen MR) is 70.5 cm³/mol. The second kappa shape index (κ2) is 5.51. The maximum atomic E-state index is 11.0. The average Bonchev–Trinajstić information content (AvgIpc) is 2.38. The monoisotopic (exact) mass is 247 g/mol. The molecule has 0 bridgehead atoms. The van der Waals surface area contributed by atoms with Gasteiger partial charge in [-0.3, -0.25) is 9.78 Å². The van der Waals surface area contributed by atoms with Gasteiger partial charge >= 0.3 is 5.97 Å². The number of carboxylic acid groups (broad SMARTS) is 1. The summed E-state index contributed by atoms with van der Waals surface area (Å²) in [7, 11) is 0. The first kappa shape index (κ1) is 13.1. The Morgan fingerprint density at radius 1 is 1.39 bits per heavy atom. The molecule has 1 aliphatic rings. The van der Waals surface area contributed by atoms with E-state index in [9.17, 15) is 4.79 Å². The SMILES string of the molecule is Cc1cc(C2CCC([C@@H](C)C(=O)O)CC2)ccn1. The van der Waals surface area contributed by atoms with E-state index in [1.807, 2.05) is 20.0 Å². The van der Waals surface area contributed by atoms with Crippen LogP contribution in [-0.4, -0.2) is 16.1 Å². The summed E-state index contributed by atoms with van der Waals surface area (Å²) in [6.45, 7) is 3.85. The summed E-state index contributed by atoms with van der Waals surface area (Å²) in [5, 5.41) is 9.05. The summed E-state index contributed by atoms with van der Waals surface area (Å²) in [6, 6.07) is 4.25. The van der Waals surface area contributed by atoms with E-state index in [-0.39, 0.29) is 5.92 Å². The molecule has 0 saturated heterocycles. The van der Waals surface area contributed by atoms with Crippen molar-refractivity contribution < 1.29 is 9.90 Å². The van der Waals surface area contributed by atoms with Crippen LogP contribution in [-0.2, 0) is 4.79 Å². The molecule has 3 nitrogen and oxygen atoms in total. The van der Waals surface area contributed by atoms with E-state index >= 15 is 0 Å². The van der Waals surface area contributed by atoms with Gasteiger partial charge in [-0.2, -0.15) is 0 Å². The van der Waals surface area contributed by atoms with Gasteiger partial charge in [-0.1, -0.05) is 6.92 Å². The number of nitrogens with zero attached hydrogens (tertiary/aromatic N) is 1. The lowest BCUT2D eigenvalue weighted by molar-refractivity contribution is -0.143. The molecule has 0 spiro atoms. The van der Waals surface area contributed by atoms with Gasteiger partial charge in [0.15, 0.2) is 0 Å². The predicted octanol–water partition coefficient (Wildman–Crippen LogP) is 3.38. The van der Waals surface area contributed by atoms with E-state index in [1.165, 1.54) is 5.56 Å². The lowest BCUT2D eigenvalue weighted by Crippen LogP contribution is -2.24. The van der Waals surface area contributed by atoms with Crippen molar-refractivity contribution in [1.29, 1.82) is 0 Å². The first-order chi connectivity index (χ1) is 8.58. The quantitative estimate of drug-likeness (QED) is 0.890. The third-order valence-electron chi connectivity index (χ3n) is 4.26. The van der Waals surface area contributed by atoms with Gasteiger partial charge in [0, 0.05) is 11.9 Å². The third kappa shape index (κ3) is 2.89. The largest absolute Gasteiger partial charge is 0.481 e. The highest BCUT2D eigenvalue weighted by Crippen LogP contribution is 2.38. The van der Waals surface area contributed by atoms with Crippen LogP contribution in [0.15, 0.2) is 18.3 Å².